The molecule has 1 fully saturated rings. The van der Waals surface area contributed by atoms with Gasteiger partial charge in [0.05, 0.1) is 11.6 Å². The summed E-state index contributed by atoms with van der Waals surface area (Å²) < 4.78 is 0. The van der Waals surface area contributed by atoms with Crippen molar-refractivity contribution in [2.24, 2.45) is 0 Å². The summed E-state index contributed by atoms with van der Waals surface area (Å²) in [5.74, 6) is 0.0818. The smallest absolute Gasteiger partial charge is 0.256 e. The molecule has 23 heavy (non-hydrogen) atoms. The fourth-order valence-corrected chi connectivity index (χ4v) is 3.69. The second-order valence-electron chi connectivity index (χ2n) is 6.42. The molecule has 1 aromatic carbocycles. The van der Waals surface area contributed by atoms with Crippen molar-refractivity contribution >= 4 is 17.5 Å². The van der Waals surface area contributed by atoms with Crippen LogP contribution in [0.1, 0.15) is 53.2 Å². The summed E-state index contributed by atoms with van der Waals surface area (Å²) in [4.78, 5) is 19.3. The minimum absolute atomic E-state index is 0.0818. The van der Waals surface area contributed by atoms with Crippen LogP contribution >= 0.6 is 11.6 Å². The highest BCUT2D eigenvalue weighted by atomic mass is 35.5. The first kappa shape index (κ1) is 14.7. The number of hydrogen-bond acceptors (Lipinski definition) is 2. The van der Waals surface area contributed by atoms with E-state index in [1.165, 1.54) is 11.1 Å². The summed E-state index contributed by atoms with van der Waals surface area (Å²) >= 11 is 5.85. The zero-order valence-electron chi connectivity index (χ0n) is 12.9. The number of benzene rings is 1. The molecule has 0 aliphatic heterocycles. The Morgan fingerprint density at radius 3 is 2.70 bits per heavy atom. The van der Waals surface area contributed by atoms with Gasteiger partial charge in [0.15, 0.2) is 0 Å². The molecular weight excluding hydrogens is 308 g/mol. The lowest BCUT2D eigenvalue weighted by atomic mass is 9.86. The molecule has 0 spiro atoms. The maximum atomic E-state index is 13.1. The van der Waals surface area contributed by atoms with E-state index in [9.17, 15) is 4.79 Å². The molecule has 1 heterocycles. The summed E-state index contributed by atoms with van der Waals surface area (Å²) in [6.07, 6.45) is 7.09. The average molecular weight is 327 g/mol. The van der Waals surface area contributed by atoms with Crippen molar-refractivity contribution in [1.82, 2.24) is 9.88 Å². The number of rotatable bonds is 3. The van der Waals surface area contributed by atoms with Crippen LogP contribution < -0.4 is 0 Å². The summed E-state index contributed by atoms with van der Waals surface area (Å²) in [6, 6.07) is 12.6. The Morgan fingerprint density at radius 2 is 1.96 bits per heavy atom. The molecule has 1 unspecified atom stereocenters. The number of aryl methyl sites for hydroxylation is 1. The topological polar surface area (TPSA) is 33.2 Å². The molecule has 2 aliphatic rings. The highest BCUT2D eigenvalue weighted by Gasteiger charge is 2.39. The highest BCUT2D eigenvalue weighted by Crippen LogP contribution is 2.41. The van der Waals surface area contributed by atoms with Crippen molar-refractivity contribution in [3.8, 4) is 0 Å². The van der Waals surface area contributed by atoms with E-state index in [4.69, 9.17) is 11.6 Å². The minimum Gasteiger partial charge on any atom is -0.329 e. The Labute approximate surface area is 141 Å². The fraction of sp³-hybridized carbons (Fsp3) is 0.368. The number of halogens is 1. The van der Waals surface area contributed by atoms with Crippen molar-refractivity contribution in [2.45, 2.75) is 44.2 Å². The molecule has 2 aromatic rings. The van der Waals surface area contributed by atoms with E-state index < -0.39 is 0 Å². The van der Waals surface area contributed by atoms with Gasteiger partial charge in [-0.15, -0.1) is 0 Å². The lowest BCUT2D eigenvalue weighted by Crippen LogP contribution is -2.38. The molecule has 0 bridgehead atoms. The van der Waals surface area contributed by atoms with E-state index in [-0.39, 0.29) is 11.9 Å². The van der Waals surface area contributed by atoms with Crippen molar-refractivity contribution in [3.05, 3.63) is 64.4 Å². The van der Waals surface area contributed by atoms with Gasteiger partial charge in [0.2, 0.25) is 0 Å². The van der Waals surface area contributed by atoms with Crippen LogP contribution in [0.2, 0.25) is 5.15 Å². The number of carbonyl (C=O) groups excluding carboxylic acids is 1. The van der Waals surface area contributed by atoms with E-state index in [1.54, 1.807) is 18.3 Å². The predicted octanol–water partition coefficient (Wildman–Crippen LogP) is 4.42. The summed E-state index contributed by atoms with van der Waals surface area (Å²) in [6.45, 7) is 0. The quantitative estimate of drug-likeness (QED) is 0.782. The SMILES string of the molecule is O=C(c1ccc(Cl)nc1)N(C1CC1)C1CCCc2ccccc21. The highest BCUT2D eigenvalue weighted by molar-refractivity contribution is 6.29. The van der Waals surface area contributed by atoms with Gasteiger partial charge < -0.3 is 4.90 Å². The Hall–Kier alpha value is -1.87. The summed E-state index contributed by atoms with van der Waals surface area (Å²) in [5.41, 5.74) is 3.33. The molecule has 4 heteroatoms. The Kier molecular flexibility index (Phi) is 3.82. The zero-order valence-corrected chi connectivity index (χ0v) is 13.7. The van der Waals surface area contributed by atoms with Gasteiger partial charge in [-0.25, -0.2) is 4.98 Å². The number of carbonyl (C=O) groups is 1. The average Bonchev–Trinajstić information content (AvgIpc) is 3.41. The third-order valence-electron chi connectivity index (χ3n) is 4.82. The lowest BCUT2D eigenvalue weighted by molar-refractivity contribution is 0.0637. The van der Waals surface area contributed by atoms with Crippen LogP contribution in [-0.2, 0) is 6.42 Å². The first-order valence-electron chi connectivity index (χ1n) is 8.26. The summed E-state index contributed by atoms with van der Waals surface area (Å²) in [5, 5.41) is 0.419. The standard InChI is InChI=1S/C19H19ClN2O/c20-18-11-8-14(12-21-18)19(23)22(15-9-10-15)17-7-3-5-13-4-1-2-6-16(13)17/h1-2,4,6,8,11-12,15,17H,3,5,7,9-10H2. The fourth-order valence-electron chi connectivity index (χ4n) is 3.58. The first-order chi connectivity index (χ1) is 11.2. The van der Waals surface area contributed by atoms with Gasteiger partial charge >= 0.3 is 0 Å². The molecule has 1 saturated carbocycles. The van der Waals surface area contributed by atoms with E-state index >= 15 is 0 Å². The predicted molar refractivity (Wildman–Crippen MR) is 90.6 cm³/mol. The summed E-state index contributed by atoms with van der Waals surface area (Å²) in [7, 11) is 0. The monoisotopic (exact) mass is 326 g/mol. The van der Waals surface area contributed by atoms with Crippen LogP contribution in [0.25, 0.3) is 0 Å². The molecule has 2 aliphatic carbocycles. The number of fused-ring (bicyclic) bond motifs is 1. The normalized spacial score (nSPS) is 20.0. The van der Waals surface area contributed by atoms with Crippen LogP contribution in [-0.4, -0.2) is 21.8 Å². The zero-order chi connectivity index (χ0) is 15.8. The van der Waals surface area contributed by atoms with Crippen LogP contribution in [0.5, 0.6) is 0 Å². The van der Waals surface area contributed by atoms with E-state index in [2.05, 4.69) is 34.1 Å². The number of nitrogens with zero attached hydrogens (tertiary/aromatic N) is 2. The van der Waals surface area contributed by atoms with Gasteiger partial charge in [0.1, 0.15) is 5.15 Å². The van der Waals surface area contributed by atoms with Crippen molar-refractivity contribution in [2.75, 3.05) is 0 Å². The van der Waals surface area contributed by atoms with E-state index in [1.807, 2.05) is 0 Å². The second kappa shape index (κ2) is 5.97. The van der Waals surface area contributed by atoms with Crippen LogP contribution in [0, 0.1) is 0 Å². The molecule has 3 nitrogen and oxygen atoms in total. The van der Waals surface area contributed by atoms with Crippen LogP contribution in [0.3, 0.4) is 0 Å². The van der Waals surface area contributed by atoms with E-state index in [0.717, 1.165) is 32.1 Å². The van der Waals surface area contributed by atoms with Gasteiger partial charge in [-0.05, 0) is 55.4 Å². The Balaban J connectivity index is 1.69. The molecule has 0 saturated heterocycles. The maximum absolute atomic E-state index is 13.1. The van der Waals surface area contributed by atoms with Crippen molar-refractivity contribution in [1.29, 1.82) is 0 Å². The Bertz CT molecular complexity index is 724. The first-order valence-corrected chi connectivity index (χ1v) is 8.64. The number of hydrogen-bond donors (Lipinski definition) is 0. The third-order valence-corrected chi connectivity index (χ3v) is 5.05. The molecule has 4 rings (SSSR count). The number of pyridine rings is 1. The molecular formula is C19H19ClN2O. The largest absolute Gasteiger partial charge is 0.329 e. The van der Waals surface area contributed by atoms with Gasteiger partial charge in [-0.3, -0.25) is 4.79 Å². The molecule has 118 valence electrons. The lowest BCUT2D eigenvalue weighted by Gasteiger charge is -2.36. The van der Waals surface area contributed by atoms with Crippen molar-refractivity contribution in [3.63, 3.8) is 0 Å². The molecule has 1 aromatic heterocycles. The number of aromatic nitrogens is 1. The van der Waals surface area contributed by atoms with Gasteiger partial charge in [-0.1, -0.05) is 35.9 Å². The van der Waals surface area contributed by atoms with Crippen molar-refractivity contribution < 1.29 is 4.79 Å². The molecule has 0 radical (unpaired) electrons. The minimum atomic E-state index is 0.0818. The van der Waals surface area contributed by atoms with Gasteiger partial charge in [0.25, 0.3) is 5.91 Å². The Morgan fingerprint density at radius 1 is 1.13 bits per heavy atom. The van der Waals surface area contributed by atoms with Crippen LogP contribution in [0.15, 0.2) is 42.6 Å². The van der Waals surface area contributed by atoms with Gasteiger partial charge in [0, 0.05) is 12.2 Å². The number of amides is 1. The second-order valence-corrected chi connectivity index (χ2v) is 6.81. The van der Waals surface area contributed by atoms with E-state index in [0.29, 0.717) is 16.8 Å². The molecule has 0 N–H and O–H groups in total. The molecule has 1 amide bonds. The maximum Gasteiger partial charge on any atom is 0.256 e. The van der Waals surface area contributed by atoms with Crippen LogP contribution in [0.4, 0.5) is 0 Å². The van der Waals surface area contributed by atoms with Gasteiger partial charge in [-0.2, -0.15) is 0 Å². The third kappa shape index (κ3) is 2.86. The molecule has 1 atom stereocenters.